The molecule has 8 nitrogen and oxygen atoms in total. The van der Waals surface area contributed by atoms with Crippen molar-refractivity contribution in [3.8, 4) is 0 Å². The molecule has 0 unspecified atom stereocenters. The van der Waals surface area contributed by atoms with Gasteiger partial charge in [0.1, 0.15) is 0 Å². The fourth-order valence-electron chi connectivity index (χ4n) is 4.29. The average Bonchev–Trinajstić information content (AvgIpc) is 2.88. The van der Waals surface area contributed by atoms with Gasteiger partial charge in [0.05, 0.1) is 45.5 Å². The van der Waals surface area contributed by atoms with Crippen molar-refractivity contribution >= 4 is 67.6 Å². The van der Waals surface area contributed by atoms with Gasteiger partial charge in [0.15, 0.2) is 11.6 Å². The number of Topliss-reactive ketones (excluding diaryl/α,β-unsaturated/α-hetero) is 2. The predicted octanol–water partition coefficient (Wildman–Crippen LogP) is 2.01. The number of nitrogens with zero attached hydrogens (tertiary/aromatic N) is 2. The molecule has 0 amide bonds. The summed E-state index contributed by atoms with van der Waals surface area (Å²) in [4.78, 5) is 53.5. The van der Waals surface area contributed by atoms with E-state index in [2.05, 4.69) is 9.97 Å². The smallest absolute Gasteiger partial charge is 0.543 e. The topological polar surface area (TPSA) is 140 Å². The number of carbonyl (C=O) groups is 4. The molecule has 0 saturated heterocycles. The zero-order valence-corrected chi connectivity index (χ0v) is 19.4. The zero-order valence-electron chi connectivity index (χ0n) is 19.4. The van der Waals surface area contributed by atoms with Crippen molar-refractivity contribution in [2.45, 2.75) is 12.8 Å². The molecule has 2 aromatic heterocycles. The molecule has 2 heterocycles. The van der Waals surface area contributed by atoms with E-state index in [4.69, 9.17) is 0 Å². The van der Waals surface area contributed by atoms with Crippen molar-refractivity contribution in [3.05, 3.63) is 94.3 Å². The monoisotopic (exact) mass is 485 g/mol. The Bertz CT molecular complexity index is 1560. The summed E-state index contributed by atoms with van der Waals surface area (Å²) < 4.78 is 0. The van der Waals surface area contributed by atoms with E-state index in [1.54, 1.807) is 24.3 Å². The minimum atomic E-state index is -1.34. The summed E-state index contributed by atoms with van der Waals surface area (Å²) >= 11 is 0. The molecule has 4 aromatic rings. The second kappa shape index (κ2) is 10.0. The summed E-state index contributed by atoms with van der Waals surface area (Å²) in [7, 11) is 0. The third-order valence-corrected chi connectivity index (χ3v) is 5.97. The molecule has 176 valence electrons. The molecule has 2 aromatic carbocycles. The first-order valence-corrected chi connectivity index (χ1v) is 11.0. The van der Waals surface area contributed by atoms with Crippen molar-refractivity contribution in [1.29, 1.82) is 0 Å². The number of rotatable bonds is 2. The quantitative estimate of drug-likeness (QED) is 0.393. The molecule has 2 aliphatic rings. The van der Waals surface area contributed by atoms with Crippen molar-refractivity contribution in [1.82, 2.24) is 9.97 Å². The van der Waals surface area contributed by atoms with Crippen LogP contribution in [0.1, 0.15) is 65.7 Å². The standard InChI is InChI=1S/2C14H9NO3.Be/c2*16-11-3-1-2-8-4-5-9-6-7-10(14(17)18)15-13(9)12(8)11;/h2*1-2,4-7H,3H2,(H,17,18);/q;;+2/p-2. The van der Waals surface area contributed by atoms with Crippen molar-refractivity contribution in [3.63, 3.8) is 0 Å². The van der Waals surface area contributed by atoms with Crippen molar-refractivity contribution in [2.24, 2.45) is 0 Å². The van der Waals surface area contributed by atoms with E-state index in [1.807, 2.05) is 36.4 Å². The van der Waals surface area contributed by atoms with Gasteiger partial charge in [-0.3, -0.25) is 9.59 Å². The summed E-state index contributed by atoms with van der Waals surface area (Å²) in [5, 5.41) is 23.1. The van der Waals surface area contributed by atoms with Gasteiger partial charge in [0.2, 0.25) is 0 Å². The largest absolute Gasteiger partial charge is 2.00 e. The number of fused-ring (bicyclic) bond motifs is 6. The first-order valence-electron chi connectivity index (χ1n) is 11.0. The Morgan fingerprint density at radius 1 is 0.622 bits per heavy atom. The van der Waals surface area contributed by atoms with Crippen LogP contribution in [0.5, 0.6) is 0 Å². The van der Waals surface area contributed by atoms with Crippen LogP contribution in [-0.4, -0.2) is 43.6 Å². The number of hydrogen-bond donors (Lipinski definition) is 0. The van der Waals surface area contributed by atoms with E-state index in [1.165, 1.54) is 12.1 Å². The third kappa shape index (κ3) is 4.70. The van der Waals surface area contributed by atoms with Crippen molar-refractivity contribution < 1.29 is 29.4 Å². The van der Waals surface area contributed by atoms with E-state index in [0.29, 0.717) is 35.0 Å². The van der Waals surface area contributed by atoms with Crippen LogP contribution in [0.3, 0.4) is 0 Å². The van der Waals surface area contributed by atoms with Crippen LogP contribution in [0, 0.1) is 0 Å². The number of pyridine rings is 2. The number of aromatic nitrogens is 2. The summed E-state index contributed by atoms with van der Waals surface area (Å²) in [6, 6.07) is 13.4. The Kier molecular flexibility index (Phi) is 6.87. The molecule has 0 bridgehead atoms. The van der Waals surface area contributed by atoms with Gasteiger partial charge in [-0.25, -0.2) is 9.97 Å². The third-order valence-electron chi connectivity index (χ3n) is 5.97. The zero-order chi connectivity index (χ0) is 25.4. The summed E-state index contributed by atoms with van der Waals surface area (Å²) in [5.74, 6) is -2.76. The molecule has 0 radical (unpaired) electrons. The minimum Gasteiger partial charge on any atom is -0.543 e. The fraction of sp³-hybridized carbons (Fsp3) is 0.0714. The van der Waals surface area contributed by atoms with Gasteiger partial charge in [0.25, 0.3) is 0 Å². The first kappa shape index (κ1) is 25.3. The first-order chi connectivity index (χ1) is 17.3. The van der Waals surface area contributed by atoms with E-state index < -0.39 is 11.9 Å². The molecule has 0 aliphatic heterocycles. The SMILES string of the molecule is O=C([O-])c1ccc2ccc3c(c2n1)C(=O)CC=C3.O=C([O-])c1ccc2ccc3c(c2n1)C(=O)CC=C3.[Be+2]. The van der Waals surface area contributed by atoms with Gasteiger partial charge in [-0.2, -0.15) is 0 Å². The molecule has 0 spiro atoms. The maximum Gasteiger partial charge on any atom is 2.00 e. The van der Waals surface area contributed by atoms with Gasteiger partial charge >= 0.3 is 10.1 Å². The minimum absolute atomic E-state index is 0. The normalized spacial score (nSPS) is 13.3. The number of allylic oxidation sites excluding steroid dienone is 2. The molecule has 0 fully saturated rings. The number of carbonyl (C=O) groups excluding carboxylic acids is 4. The van der Waals surface area contributed by atoms with Crippen LogP contribution in [0.25, 0.3) is 34.0 Å². The maximum absolute atomic E-state index is 11.9. The second-order valence-corrected chi connectivity index (χ2v) is 8.23. The molecule has 0 atom stereocenters. The maximum atomic E-state index is 11.9. The molecular formula is C28H16BeN2O6. The number of carboxylic acids is 2. The number of benzene rings is 2. The van der Waals surface area contributed by atoms with Crippen LogP contribution in [0.15, 0.2) is 60.7 Å². The molecular weight excluding hydrogens is 469 g/mol. The summed E-state index contributed by atoms with van der Waals surface area (Å²) in [6.45, 7) is 0. The van der Waals surface area contributed by atoms with Crippen LogP contribution in [0.4, 0.5) is 0 Å². The van der Waals surface area contributed by atoms with Gasteiger partial charge < -0.3 is 19.8 Å². The second-order valence-electron chi connectivity index (χ2n) is 8.23. The van der Waals surface area contributed by atoms with Gasteiger partial charge in [-0.15, -0.1) is 0 Å². The number of ketones is 2. The van der Waals surface area contributed by atoms with Crippen LogP contribution in [-0.2, 0) is 0 Å². The van der Waals surface area contributed by atoms with E-state index in [-0.39, 0.29) is 33.1 Å². The van der Waals surface area contributed by atoms with E-state index >= 15 is 0 Å². The molecule has 6 rings (SSSR count). The average molecular weight is 485 g/mol. The Balaban J connectivity index is 0.000000168. The number of hydrogen-bond acceptors (Lipinski definition) is 8. The summed E-state index contributed by atoms with van der Waals surface area (Å²) in [6.07, 6.45) is 7.93. The molecule has 0 N–H and O–H groups in total. The van der Waals surface area contributed by atoms with Gasteiger partial charge in [-0.1, -0.05) is 60.7 Å². The summed E-state index contributed by atoms with van der Waals surface area (Å²) in [5.41, 5.74) is 3.11. The van der Waals surface area contributed by atoms with E-state index in [0.717, 1.165) is 21.9 Å². The molecule has 0 saturated carbocycles. The molecule has 9 heteroatoms. The van der Waals surface area contributed by atoms with Crippen LogP contribution in [0.2, 0.25) is 0 Å². The molecule has 2 aliphatic carbocycles. The van der Waals surface area contributed by atoms with E-state index in [9.17, 15) is 29.4 Å². The van der Waals surface area contributed by atoms with Crippen molar-refractivity contribution in [2.75, 3.05) is 0 Å². The van der Waals surface area contributed by atoms with Gasteiger partial charge in [0, 0.05) is 23.6 Å². The Morgan fingerprint density at radius 3 is 1.38 bits per heavy atom. The predicted molar refractivity (Wildman–Crippen MR) is 134 cm³/mol. The Morgan fingerprint density at radius 2 is 1.00 bits per heavy atom. The van der Waals surface area contributed by atoms with Crippen LogP contribution < -0.4 is 10.2 Å². The Labute approximate surface area is 214 Å². The van der Waals surface area contributed by atoms with Crippen LogP contribution >= 0.6 is 0 Å². The van der Waals surface area contributed by atoms with Gasteiger partial charge in [-0.05, 0) is 23.3 Å². The Hall–Kier alpha value is -4.81. The number of carboxylic acid groups (broad SMARTS) is 2. The molecule has 37 heavy (non-hydrogen) atoms. The number of aromatic carboxylic acids is 2. The fourth-order valence-corrected chi connectivity index (χ4v) is 4.29.